The zero-order valence-corrected chi connectivity index (χ0v) is 14.8. The van der Waals surface area contributed by atoms with Gasteiger partial charge in [-0.3, -0.25) is 4.99 Å². The highest BCUT2D eigenvalue weighted by molar-refractivity contribution is 7.09. The summed E-state index contributed by atoms with van der Waals surface area (Å²) in [5.41, 5.74) is 0. The molecule has 1 heterocycles. The largest absolute Gasteiger partial charge is 0.382 e. The summed E-state index contributed by atoms with van der Waals surface area (Å²) in [6.07, 6.45) is 3.18. The van der Waals surface area contributed by atoms with E-state index in [0.717, 1.165) is 44.9 Å². The van der Waals surface area contributed by atoms with Crippen LogP contribution in [0.5, 0.6) is 0 Å². The first kappa shape index (κ1) is 18.9. The van der Waals surface area contributed by atoms with Gasteiger partial charge < -0.3 is 19.7 Å². The Morgan fingerprint density at radius 1 is 1.32 bits per heavy atom. The number of methoxy groups -OCH3 is 1. The molecular weight excluding hydrogens is 298 g/mol. The third-order valence-electron chi connectivity index (χ3n) is 3.28. The zero-order chi connectivity index (χ0) is 16.0. The SMILES string of the molecule is CN=C(NCCCCOCCOC)N(C)CCc1cccs1. The Labute approximate surface area is 138 Å². The third kappa shape index (κ3) is 8.36. The smallest absolute Gasteiger partial charge is 0.193 e. The molecule has 0 atom stereocenters. The number of nitrogens with zero attached hydrogens (tertiary/aromatic N) is 2. The van der Waals surface area contributed by atoms with Crippen LogP contribution >= 0.6 is 11.3 Å². The predicted octanol–water partition coefficient (Wildman–Crippen LogP) is 2.24. The van der Waals surface area contributed by atoms with Crippen LogP contribution in [-0.4, -0.2) is 65.0 Å². The number of likely N-dealkylation sites (N-methyl/N-ethyl adjacent to an activating group) is 1. The molecule has 0 fully saturated rings. The molecule has 1 aromatic heterocycles. The lowest BCUT2D eigenvalue weighted by Crippen LogP contribution is -2.40. The minimum atomic E-state index is 0.667. The van der Waals surface area contributed by atoms with Gasteiger partial charge in [-0.15, -0.1) is 11.3 Å². The van der Waals surface area contributed by atoms with Crippen LogP contribution in [0.15, 0.2) is 22.5 Å². The van der Waals surface area contributed by atoms with E-state index in [-0.39, 0.29) is 0 Å². The van der Waals surface area contributed by atoms with E-state index < -0.39 is 0 Å². The Morgan fingerprint density at radius 2 is 2.18 bits per heavy atom. The van der Waals surface area contributed by atoms with Crippen molar-refractivity contribution in [2.75, 3.05) is 54.1 Å². The van der Waals surface area contributed by atoms with Crippen molar-refractivity contribution >= 4 is 17.3 Å². The number of aliphatic imine (C=N–C) groups is 1. The normalized spacial score (nSPS) is 11.7. The van der Waals surface area contributed by atoms with Gasteiger partial charge in [-0.1, -0.05) is 6.07 Å². The van der Waals surface area contributed by atoms with Crippen molar-refractivity contribution in [3.05, 3.63) is 22.4 Å². The molecule has 126 valence electrons. The summed E-state index contributed by atoms with van der Waals surface area (Å²) < 4.78 is 10.4. The summed E-state index contributed by atoms with van der Waals surface area (Å²) in [4.78, 5) is 7.92. The number of nitrogens with one attached hydrogen (secondary N) is 1. The molecule has 0 spiro atoms. The summed E-state index contributed by atoms with van der Waals surface area (Å²) in [7, 11) is 5.60. The Morgan fingerprint density at radius 3 is 2.86 bits per heavy atom. The number of rotatable bonds is 11. The molecule has 0 aliphatic carbocycles. The second kappa shape index (κ2) is 12.4. The van der Waals surface area contributed by atoms with Crippen LogP contribution < -0.4 is 5.32 Å². The Bertz CT molecular complexity index is 396. The van der Waals surface area contributed by atoms with Crippen molar-refractivity contribution in [1.29, 1.82) is 0 Å². The summed E-state index contributed by atoms with van der Waals surface area (Å²) in [5.74, 6) is 0.955. The van der Waals surface area contributed by atoms with Gasteiger partial charge in [0.1, 0.15) is 0 Å². The number of thiophene rings is 1. The molecule has 0 saturated heterocycles. The lowest BCUT2D eigenvalue weighted by atomic mass is 10.3. The van der Waals surface area contributed by atoms with Gasteiger partial charge in [0, 0.05) is 45.8 Å². The maximum absolute atomic E-state index is 5.44. The van der Waals surface area contributed by atoms with Crippen molar-refractivity contribution in [1.82, 2.24) is 10.2 Å². The standard InChI is InChI=1S/C16H29N3O2S/c1-17-16(18-9-4-5-11-21-13-12-20-3)19(2)10-8-15-7-6-14-22-15/h6-7,14H,4-5,8-13H2,1-3H3,(H,17,18). The maximum atomic E-state index is 5.44. The van der Waals surface area contributed by atoms with Gasteiger partial charge in [0.15, 0.2) is 5.96 Å². The van der Waals surface area contributed by atoms with E-state index in [0.29, 0.717) is 13.2 Å². The van der Waals surface area contributed by atoms with E-state index in [1.807, 2.05) is 7.05 Å². The second-order valence-corrected chi connectivity index (χ2v) is 6.07. The fourth-order valence-electron chi connectivity index (χ4n) is 2.00. The predicted molar refractivity (Wildman–Crippen MR) is 93.9 cm³/mol. The highest BCUT2D eigenvalue weighted by Gasteiger charge is 2.05. The van der Waals surface area contributed by atoms with Crippen molar-refractivity contribution in [2.24, 2.45) is 4.99 Å². The van der Waals surface area contributed by atoms with E-state index in [2.05, 4.69) is 39.8 Å². The van der Waals surface area contributed by atoms with E-state index >= 15 is 0 Å². The van der Waals surface area contributed by atoms with E-state index in [1.54, 1.807) is 18.4 Å². The third-order valence-corrected chi connectivity index (χ3v) is 4.21. The van der Waals surface area contributed by atoms with Crippen LogP contribution in [0.3, 0.4) is 0 Å². The molecule has 1 aromatic rings. The van der Waals surface area contributed by atoms with Gasteiger partial charge >= 0.3 is 0 Å². The minimum absolute atomic E-state index is 0.667. The molecule has 0 aliphatic rings. The molecule has 22 heavy (non-hydrogen) atoms. The fourth-order valence-corrected chi connectivity index (χ4v) is 2.70. The van der Waals surface area contributed by atoms with Gasteiger partial charge in [0.2, 0.25) is 0 Å². The molecule has 6 heteroatoms. The highest BCUT2D eigenvalue weighted by Crippen LogP contribution is 2.09. The van der Waals surface area contributed by atoms with Crippen molar-refractivity contribution in [3.63, 3.8) is 0 Å². The molecule has 0 saturated carbocycles. The lowest BCUT2D eigenvalue weighted by Gasteiger charge is -2.21. The van der Waals surface area contributed by atoms with Gasteiger partial charge in [-0.2, -0.15) is 0 Å². The van der Waals surface area contributed by atoms with Crippen LogP contribution in [0.4, 0.5) is 0 Å². The molecule has 0 aromatic carbocycles. The maximum Gasteiger partial charge on any atom is 0.193 e. The van der Waals surface area contributed by atoms with E-state index in [1.165, 1.54) is 4.88 Å². The molecule has 0 unspecified atom stereocenters. The first-order valence-corrected chi connectivity index (χ1v) is 8.66. The van der Waals surface area contributed by atoms with E-state index in [4.69, 9.17) is 9.47 Å². The molecule has 5 nitrogen and oxygen atoms in total. The highest BCUT2D eigenvalue weighted by atomic mass is 32.1. The molecule has 1 rings (SSSR count). The van der Waals surface area contributed by atoms with Crippen molar-refractivity contribution in [2.45, 2.75) is 19.3 Å². The Hall–Kier alpha value is -1.11. The minimum Gasteiger partial charge on any atom is -0.382 e. The van der Waals surface area contributed by atoms with Crippen LogP contribution in [0.2, 0.25) is 0 Å². The summed E-state index contributed by atoms with van der Waals surface area (Å²) >= 11 is 1.81. The molecule has 0 radical (unpaired) electrons. The van der Waals surface area contributed by atoms with Gasteiger partial charge in [0.25, 0.3) is 0 Å². The topological polar surface area (TPSA) is 46.1 Å². The summed E-state index contributed by atoms with van der Waals surface area (Å²) in [5, 5.41) is 5.52. The first-order chi connectivity index (χ1) is 10.8. The van der Waals surface area contributed by atoms with Crippen molar-refractivity contribution in [3.8, 4) is 0 Å². The van der Waals surface area contributed by atoms with Gasteiger partial charge in [-0.25, -0.2) is 0 Å². The number of hydrogen-bond donors (Lipinski definition) is 1. The summed E-state index contributed by atoms with van der Waals surface area (Å²) in [6.45, 7) is 4.03. The van der Waals surface area contributed by atoms with Crippen LogP contribution in [0.1, 0.15) is 17.7 Å². The van der Waals surface area contributed by atoms with Gasteiger partial charge in [0.05, 0.1) is 13.2 Å². The molecule has 1 N–H and O–H groups in total. The molecular formula is C16H29N3O2S. The van der Waals surface area contributed by atoms with Crippen LogP contribution in [-0.2, 0) is 15.9 Å². The molecule has 0 aliphatic heterocycles. The monoisotopic (exact) mass is 327 g/mol. The molecule has 0 amide bonds. The molecule has 0 bridgehead atoms. The number of hydrogen-bond acceptors (Lipinski definition) is 4. The van der Waals surface area contributed by atoms with Crippen molar-refractivity contribution < 1.29 is 9.47 Å². The second-order valence-electron chi connectivity index (χ2n) is 5.04. The quantitative estimate of drug-likeness (QED) is 0.385. The van der Waals surface area contributed by atoms with E-state index in [9.17, 15) is 0 Å². The fraction of sp³-hybridized carbons (Fsp3) is 0.688. The lowest BCUT2D eigenvalue weighted by molar-refractivity contribution is 0.0689. The van der Waals surface area contributed by atoms with Crippen LogP contribution in [0.25, 0.3) is 0 Å². The number of unbranched alkanes of at least 4 members (excludes halogenated alkanes) is 1. The Kier molecular flexibility index (Phi) is 10.7. The number of ether oxygens (including phenoxy) is 2. The first-order valence-electron chi connectivity index (χ1n) is 7.78. The number of guanidine groups is 1. The Balaban J connectivity index is 2.08. The summed E-state index contributed by atoms with van der Waals surface area (Å²) in [6, 6.07) is 4.28. The zero-order valence-electron chi connectivity index (χ0n) is 14.0. The average molecular weight is 327 g/mol. The van der Waals surface area contributed by atoms with Gasteiger partial charge in [-0.05, 0) is 30.7 Å². The average Bonchev–Trinajstić information content (AvgIpc) is 3.04. The van der Waals surface area contributed by atoms with Crippen LogP contribution in [0, 0.1) is 0 Å².